The monoisotopic (exact) mass is 343 g/mol. The number of nitrogens with zero attached hydrogens (tertiary/aromatic N) is 4. The molecule has 3 heterocycles. The Balaban J connectivity index is 1.68. The summed E-state index contributed by atoms with van der Waals surface area (Å²) in [4.78, 5) is 22.9. The number of aryl methyl sites for hydroxylation is 2. The van der Waals surface area contributed by atoms with E-state index < -0.39 is 0 Å². The molecule has 0 saturated carbocycles. The minimum atomic E-state index is -0.257. The minimum absolute atomic E-state index is 0.226. The summed E-state index contributed by atoms with van der Waals surface area (Å²) in [5, 5.41) is 13.4. The molecule has 134 valence electrons. The van der Waals surface area contributed by atoms with Crippen LogP contribution in [0.25, 0.3) is 0 Å². The van der Waals surface area contributed by atoms with E-state index >= 15 is 0 Å². The first kappa shape index (κ1) is 17.3. The van der Waals surface area contributed by atoms with Crippen molar-refractivity contribution in [2.45, 2.75) is 39.8 Å². The van der Waals surface area contributed by atoms with E-state index in [9.17, 15) is 4.79 Å². The molecule has 0 aliphatic carbocycles. The standard InChI is InChI=1S/C17H25N7O/c1-10-7-14(23-22-10)8-19-13-5-6-24(9-13)16-11(2)12(3)20-15(21-16)17(25)18-4/h7,13,19H,5-6,8-9H2,1-4H3,(H,18,25)(H,22,23)/t13-/m1/s1. The summed E-state index contributed by atoms with van der Waals surface area (Å²) in [5.41, 5.74) is 3.95. The largest absolute Gasteiger partial charge is 0.355 e. The molecule has 0 bridgehead atoms. The van der Waals surface area contributed by atoms with Gasteiger partial charge in [0.2, 0.25) is 5.82 Å². The summed E-state index contributed by atoms with van der Waals surface area (Å²) < 4.78 is 0. The van der Waals surface area contributed by atoms with E-state index in [2.05, 4.69) is 35.7 Å². The van der Waals surface area contributed by atoms with Crippen molar-refractivity contribution >= 4 is 11.7 Å². The Morgan fingerprint density at radius 2 is 2.16 bits per heavy atom. The molecule has 3 N–H and O–H groups in total. The lowest BCUT2D eigenvalue weighted by atomic mass is 10.2. The van der Waals surface area contributed by atoms with Gasteiger partial charge in [0.05, 0.1) is 5.69 Å². The number of hydrogen-bond acceptors (Lipinski definition) is 6. The van der Waals surface area contributed by atoms with Crippen molar-refractivity contribution in [2.75, 3.05) is 25.0 Å². The highest BCUT2D eigenvalue weighted by atomic mass is 16.2. The number of hydrogen-bond donors (Lipinski definition) is 3. The number of anilines is 1. The summed E-state index contributed by atoms with van der Waals surface area (Å²) in [6.07, 6.45) is 1.03. The van der Waals surface area contributed by atoms with E-state index in [0.29, 0.717) is 6.04 Å². The summed E-state index contributed by atoms with van der Waals surface area (Å²) >= 11 is 0. The molecule has 25 heavy (non-hydrogen) atoms. The molecule has 1 atom stereocenters. The Bertz CT molecular complexity index is 770. The Morgan fingerprint density at radius 1 is 1.36 bits per heavy atom. The van der Waals surface area contributed by atoms with E-state index in [1.54, 1.807) is 7.05 Å². The molecule has 3 rings (SSSR count). The topological polar surface area (TPSA) is 98.8 Å². The van der Waals surface area contributed by atoms with Crippen LogP contribution in [0.4, 0.5) is 5.82 Å². The Morgan fingerprint density at radius 3 is 2.84 bits per heavy atom. The first-order valence-electron chi connectivity index (χ1n) is 8.54. The number of carbonyl (C=O) groups excluding carboxylic acids is 1. The number of aromatic nitrogens is 4. The molecule has 1 aliphatic heterocycles. The van der Waals surface area contributed by atoms with Crippen molar-refractivity contribution in [1.29, 1.82) is 0 Å². The van der Waals surface area contributed by atoms with Gasteiger partial charge in [-0.2, -0.15) is 5.10 Å². The van der Waals surface area contributed by atoms with Gasteiger partial charge < -0.3 is 15.5 Å². The number of aromatic amines is 1. The number of nitrogens with one attached hydrogen (secondary N) is 3. The maximum atomic E-state index is 11.9. The quantitative estimate of drug-likeness (QED) is 0.744. The van der Waals surface area contributed by atoms with Crippen LogP contribution >= 0.6 is 0 Å². The SMILES string of the molecule is CNC(=O)c1nc(C)c(C)c(N2CC[C@@H](NCc3cc(C)[nH]n3)C2)n1. The molecule has 8 nitrogen and oxygen atoms in total. The van der Waals surface area contributed by atoms with Crippen molar-refractivity contribution in [2.24, 2.45) is 0 Å². The van der Waals surface area contributed by atoms with Crippen molar-refractivity contribution in [3.05, 3.63) is 34.5 Å². The normalized spacial score (nSPS) is 17.1. The maximum Gasteiger partial charge on any atom is 0.288 e. The van der Waals surface area contributed by atoms with Gasteiger partial charge in [0.25, 0.3) is 5.91 Å². The second-order valence-corrected chi connectivity index (χ2v) is 6.52. The van der Waals surface area contributed by atoms with E-state index in [1.807, 2.05) is 26.8 Å². The second kappa shape index (κ2) is 7.18. The fourth-order valence-electron chi connectivity index (χ4n) is 3.07. The second-order valence-electron chi connectivity index (χ2n) is 6.52. The van der Waals surface area contributed by atoms with E-state index in [4.69, 9.17) is 0 Å². The molecule has 0 unspecified atom stereocenters. The zero-order valence-corrected chi connectivity index (χ0v) is 15.2. The molecular formula is C17H25N7O. The molecule has 0 spiro atoms. The Kier molecular flexibility index (Phi) is 4.98. The van der Waals surface area contributed by atoms with Gasteiger partial charge >= 0.3 is 0 Å². The molecule has 0 radical (unpaired) electrons. The lowest BCUT2D eigenvalue weighted by Gasteiger charge is -2.21. The summed E-state index contributed by atoms with van der Waals surface area (Å²) in [6, 6.07) is 2.42. The van der Waals surface area contributed by atoms with E-state index in [-0.39, 0.29) is 11.7 Å². The zero-order chi connectivity index (χ0) is 18.0. The third-order valence-electron chi connectivity index (χ3n) is 4.61. The van der Waals surface area contributed by atoms with Gasteiger partial charge in [-0.1, -0.05) is 0 Å². The highest BCUT2D eigenvalue weighted by Gasteiger charge is 2.26. The number of H-pyrrole nitrogens is 1. The van der Waals surface area contributed by atoms with Crippen LogP contribution in [-0.4, -0.2) is 52.3 Å². The van der Waals surface area contributed by atoms with Crippen LogP contribution in [0.3, 0.4) is 0 Å². The average Bonchev–Trinajstić information content (AvgIpc) is 3.23. The molecule has 1 fully saturated rings. The summed E-state index contributed by atoms with van der Waals surface area (Å²) in [5.74, 6) is 0.821. The maximum absolute atomic E-state index is 11.9. The lowest BCUT2D eigenvalue weighted by Crippen LogP contribution is -2.33. The fourth-order valence-corrected chi connectivity index (χ4v) is 3.07. The molecule has 2 aromatic heterocycles. The van der Waals surface area contributed by atoms with Gasteiger partial charge in [-0.3, -0.25) is 9.89 Å². The van der Waals surface area contributed by atoms with Gasteiger partial charge in [0.1, 0.15) is 5.82 Å². The first-order valence-corrected chi connectivity index (χ1v) is 8.54. The molecule has 1 amide bonds. The molecule has 1 aliphatic rings. The highest BCUT2D eigenvalue weighted by molar-refractivity contribution is 5.90. The molecule has 1 saturated heterocycles. The Hall–Kier alpha value is -2.48. The van der Waals surface area contributed by atoms with Crippen LogP contribution < -0.4 is 15.5 Å². The van der Waals surface area contributed by atoms with Crippen LogP contribution in [0, 0.1) is 20.8 Å². The van der Waals surface area contributed by atoms with Crippen LogP contribution in [-0.2, 0) is 6.54 Å². The van der Waals surface area contributed by atoms with Crippen molar-refractivity contribution < 1.29 is 4.79 Å². The summed E-state index contributed by atoms with van der Waals surface area (Å²) in [7, 11) is 1.59. The zero-order valence-electron chi connectivity index (χ0n) is 15.2. The van der Waals surface area contributed by atoms with Crippen LogP contribution in [0.1, 0.15) is 39.7 Å². The lowest BCUT2D eigenvalue weighted by molar-refractivity contribution is 0.0952. The number of amides is 1. The van der Waals surface area contributed by atoms with E-state index in [0.717, 1.165) is 54.5 Å². The predicted octanol–water partition coefficient (Wildman–Crippen LogP) is 0.853. The first-order chi connectivity index (χ1) is 12.0. The van der Waals surface area contributed by atoms with Crippen LogP contribution in [0.2, 0.25) is 0 Å². The average molecular weight is 343 g/mol. The Labute approximate surface area is 147 Å². The van der Waals surface area contributed by atoms with Gasteiger partial charge in [-0.05, 0) is 33.3 Å². The molecule has 0 aromatic carbocycles. The summed E-state index contributed by atoms with van der Waals surface area (Å²) in [6.45, 7) is 8.42. The van der Waals surface area contributed by atoms with Gasteiger partial charge in [0.15, 0.2) is 0 Å². The molecular weight excluding hydrogens is 318 g/mol. The van der Waals surface area contributed by atoms with Gasteiger partial charge in [-0.25, -0.2) is 9.97 Å². The third kappa shape index (κ3) is 3.79. The van der Waals surface area contributed by atoms with Gasteiger partial charge in [-0.15, -0.1) is 0 Å². The number of rotatable bonds is 5. The smallest absolute Gasteiger partial charge is 0.288 e. The van der Waals surface area contributed by atoms with Crippen molar-refractivity contribution in [3.63, 3.8) is 0 Å². The van der Waals surface area contributed by atoms with Crippen LogP contribution in [0.15, 0.2) is 6.07 Å². The fraction of sp³-hybridized carbons (Fsp3) is 0.529. The van der Waals surface area contributed by atoms with Crippen LogP contribution in [0.5, 0.6) is 0 Å². The third-order valence-corrected chi connectivity index (χ3v) is 4.61. The molecule has 2 aromatic rings. The van der Waals surface area contributed by atoms with E-state index in [1.165, 1.54) is 0 Å². The van der Waals surface area contributed by atoms with Crippen molar-refractivity contribution in [1.82, 2.24) is 30.8 Å². The molecule has 8 heteroatoms. The predicted molar refractivity (Wildman–Crippen MR) is 95.7 cm³/mol. The number of carbonyl (C=O) groups is 1. The van der Waals surface area contributed by atoms with Crippen molar-refractivity contribution in [3.8, 4) is 0 Å². The van der Waals surface area contributed by atoms with Gasteiger partial charge in [0, 0.05) is 49.7 Å². The highest BCUT2D eigenvalue weighted by Crippen LogP contribution is 2.24. The minimum Gasteiger partial charge on any atom is -0.355 e.